The van der Waals surface area contributed by atoms with Crippen LogP contribution in [0, 0.1) is 19.7 Å². The number of carbonyl (C=O) groups is 1. The molecule has 2 aromatic heterocycles. The Hall–Kier alpha value is -2.89. The number of rotatable bonds is 3. The molecular formula is C16H15FN4O. The second kappa shape index (κ2) is 5.48. The van der Waals surface area contributed by atoms with Crippen molar-refractivity contribution in [1.29, 1.82) is 0 Å². The zero-order valence-corrected chi connectivity index (χ0v) is 12.2. The number of anilines is 1. The van der Waals surface area contributed by atoms with Gasteiger partial charge >= 0.3 is 0 Å². The van der Waals surface area contributed by atoms with Gasteiger partial charge in [0.2, 0.25) is 0 Å². The minimum absolute atomic E-state index is 0.258. The molecule has 112 valence electrons. The lowest BCUT2D eigenvalue weighted by molar-refractivity contribution is 0.102. The molecule has 3 rings (SSSR count). The summed E-state index contributed by atoms with van der Waals surface area (Å²) in [5.74, 6) is -0.824. The molecule has 0 radical (unpaired) electrons. The highest BCUT2D eigenvalue weighted by atomic mass is 19.1. The summed E-state index contributed by atoms with van der Waals surface area (Å²) in [5.41, 5.74) is 2.73. The van der Waals surface area contributed by atoms with Crippen molar-refractivity contribution in [2.24, 2.45) is 0 Å². The zero-order valence-electron chi connectivity index (χ0n) is 12.2. The van der Waals surface area contributed by atoms with Crippen molar-refractivity contribution in [3.8, 4) is 5.69 Å². The summed E-state index contributed by atoms with van der Waals surface area (Å²) in [6, 6.07) is 8.03. The molecule has 0 bridgehead atoms. The van der Waals surface area contributed by atoms with E-state index in [1.165, 1.54) is 6.07 Å². The van der Waals surface area contributed by atoms with Gasteiger partial charge < -0.3 is 9.88 Å². The summed E-state index contributed by atoms with van der Waals surface area (Å²) in [6.45, 7) is 3.60. The van der Waals surface area contributed by atoms with Crippen LogP contribution in [0.5, 0.6) is 0 Å². The number of carbonyl (C=O) groups excluding carboxylic acids is 1. The minimum Gasteiger partial charge on any atom is -0.321 e. The van der Waals surface area contributed by atoms with Crippen molar-refractivity contribution in [3.63, 3.8) is 0 Å². The monoisotopic (exact) mass is 298 g/mol. The first-order valence-corrected chi connectivity index (χ1v) is 6.82. The van der Waals surface area contributed by atoms with Gasteiger partial charge in [-0.3, -0.25) is 9.89 Å². The molecule has 0 aliphatic heterocycles. The van der Waals surface area contributed by atoms with Crippen LogP contribution in [0.25, 0.3) is 5.69 Å². The van der Waals surface area contributed by atoms with Crippen molar-refractivity contribution in [2.75, 3.05) is 5.32 Å². The van der Waals surface area contributed by atoms with Gasteiger partial charge in [-0.15, -0.1) is 0 Å². The molecule has 1 amide bonds. The molecule has 2 heterocycles. The maximum Gasteiger partial charge on any atom is 0.255 e. The molecule has 6 heteroatoms. The first-order valence-electron chi connectivity index (χ1n) is 6.82. The minimum atomic E-state index is -0.454. The van der Waals surface area contributed by atoms with Gasteiger partial charge in [-0.2, -0.15) is 5.10 Å². The van der Waals surface area contributed by atoms with E-state index in [9.17, 15) is 9.18 Å². The molecule has 0 atom stereocenters. The lowest BCUT2D eigenvalue weighted by atomic mass is 10.1. The average molecular weight is 298 g/mol. The number of nitrogens with one attached hydrogen (secondary N) is 2. The number of nitrogens with zero attached hydrogens (tertiary/aromatic N) is 2. The molecule has 0 fully saturated rings. The Kier molecular flexibility index (Phi) is 3.50. The first kappa shape index (κ1) is 14.1. The number of H-pyrrole nitrogens is 1. The van der Waals surface area contributed by atoms with Crippen molar-refractivity contribution in [2.45, 2.75) is 13.8 Å². The lowest BCUT2D eigenvalue weighted by Crippen LogP contribution is -2.13. The van der Waals surface area contributed by atoms with Crippen molar-refractivity contribution in [3.05, 3.63) is 65.5 Å². The number of aryl methyl sites for hydroxylation is 2. The molecule has 0 unspecified atom stereocenters. The van der Waals surface area contributed by atoms with E-state index in [1.54, 1.807) is 36.0 Å². The molecule has 5 nitrogen and oxygen atoms in total. The molecule has 2 N–H and O–H groups in total. The van der Waals surface area contributed by atoms with Crippen LogP contribution in [-0.4, -0.2) is 20.7 Å². The summed E-state index contributed by atoms with van der Waals surface area (Å²) in [6.07, 6.45) is 3.49. The molecule has 0 saturated heterocycles. The first-order chi connectivity index (χ1) is 10.6. The van der Waals surface area contributed by atoms with E-state index in [1.807, 2.05) is 19.1 Å². The second-order valence-corrected chi connectivity index (χ2v) is 5.02. The quantitative estimate of drug-likeness (QED) is 0.780. The van der Waals surface area contributed by atoms with Gasteiger partial charge in [0.25, 0.3) is 5.91 Å². The van der Waals surface area contributed by atoms with Gasteiger partial charge in [0.15, 0.2) is 0 Å². The molecular weight excluding hydrogens is 283 g/mol. The Labute approximate surface area is 126 Å². The van der Waals surface area contributed by atoms with Gasteiger partial charge in [-0.1, -0.05) is 0 Å². The molecule has 22 heavy (non-hydrogen) atoms. The largest absolute Gasteiger partial charge is 0.321 e. The van der Waals surface area contributed by atoms with E-state index < -0.39 is 5.82 Å². The highest BCUT2D eigenvalue weighted by molar-refractivity contribution is 6.05. The molecule has 1 aromatic carbocycles. The van der Waals surface area contributed by atoms with Gasteiger partial charge in [0.05, 0.1) is 22.8 Å². The van der Waals surface area contributed by atoms with E-state index in [-0.39, 0.29) is 11.5 Å². The van der Waals surface area contributed by atoms with Crippen LogP contribution in [-0.2, 0) is 0 Å². The standard InChI is InChI=1S/C16H15FN4O/c1-10-15(11(2)20-19-10)18-16(22)12-5-6-14(13(17)9-12)21-7-3-4-8-21/h3-9H,1-2H3,(H,18,22)(H,19,20). The Morgan fingerprint density at radius 3 is 2.59 bits per heavy atom. The molecule has 3 aromatic rings. The SMILES string of the molecule is Cc1n[nH]c(C)c1NC(=O)c1ccc(-n2cccc2)c(F)c1. The third-order valence-corrected chi connectivity index (χ3v) is 3.46. The third-order valence-electron chi connectivity index (χ3n) is 3.46. The summed E-state index contributed by atoms with van der Waals surface area (Å²) >= 11 is 0. The van der Waals surface area contributed by atoms with Crippen LogP contribution in [0.15, 0.2) is 42.7 Å². The van der Waals surface area contributed by atoms with Gasteiger partial charge in [-0.25, -0.2) is 4.39 Å². The Bertz CT molecular complexity index is 801. The highest BCUT2D eigenvalue weighted by Gasteiger charge is 2.14. The Morgan fingerprint density at radius 2 is 2.00 bits per heavy atom. The molecule has 0 saturated carbocycles. The number of benzene rings is 1. The number of aromatic nitrogens is 3. The van der Waals surface area contributed by atoms with E-state index in [0.29, 0.717) is 17.1 Å². The van der Waals surface area contributed by atoms with E-state index in [0.717, 1.165) is 5.69 Å². The van der Waals surface area contributed by atoms with Crippen molar-refractivity contribution >= 4 is 11.6 Å². The highest BCUT2D eigenvalue weighted by Crippen LogP contribution is 2.19. The molecule has 0 spiro atoms. The van der Waals surface area contributed by atoms with Crippen LogP contribution >= 0.6 is 0 Å². The topological polar surface area (TPSA) is 62.7 Å². The van der Waals surface area contributed by atoms with E-state index >= 15 is 0 Å². The summed E-state index contributed by atoms with van der Waals surface area (Å²) in [7, 11) is 0. The van der Waals surface area contributed by atoms with Crippen LogP contribution in [0.4, 0.5) is 10.1 Å². The van der Waals surface area contributed by atoms with Gasteiger partial charge in [0, 0.05) is 18.0 Å². The fraction of sp³-hybridized carbons (Fsp3) is 0.125. The second-order valence-electron chi connectivity index (χ2n) is 5.02. The van der Waals surface area contributed by atoms with Crippen molar-refractivity contribution in [1.82, 2.24) is 14.8 Å². The van der Waals surface area contributed by atoms with Crippen molar-refractivity contribution < 1.29 is 9.18 Å². The number of amides is 1. The number of hydrogen-bond acceptors (Lipinski definition) is 2. The molecule has 0 aliphatic carbocycles. The maximum absolute atomic E-state index is 14.2. The van der Waals surface area contributed by atoms with Crippen LogP contribution in [0.2, 0.25) is 0 Å². The van der Waals surface area contributed by atoms with Crippen LogP contribution in [0.1, 0.15) is 21.7 Å². The summed E-state index contributed by atoms with van der Waals surface area (Å²) in [4.78, 5) is 12.2. The summed E-state index contributed by atoms with van der Waals surface area (Å²) < 4.78 is 15.8. The average Bonchev–Trinajstić information content (AvgIpc) is 3.12. The predicted octanol–water partition coefficient (Wildman–Crippen LogP) is 3.21. The normalized spacial score (nSPS) is 10.7. The predicted molar refractivity (Wildman–Crippen MR) is 81.7 cm³/mol. The summed E-state index contributed by atoms with van der Waals surface area (Å²) in [5, 5.41) is 9.55. The van der Waals surface area contributed by atoms with Gasteiger partial charge in [0.1, 0.15) is 5.82 Å². The third kappa shape index (κ3) is 2.50. The number of halogens is 1. The Balaban J connectivity index is 1.86. The maximum atomic E-state index is 14.2. The van der Waals surface area contributed by atoms with Gasteiger partial charge in [-0.05, 0) is 44.2 Å². The number of hydrogen-bond donors (Lipinski definition) is 2. The molecule has 0 aliphatic rings. The smallest absolute Gasteiger partial charge is 0.255 e. The lowest BCUT2D eigenvalue weighted by Gasteiger charge is -2.08. The van der Waals surface area contributed by atoms with Crippen LogP contribution in [0.3, 0.4) is 0 Å². The number of aromatic amines is 1. The van der Waals surface area contributed by atoms with Crippen LogP contribution < -0.4 is 5.32 Å². The zero-order chi connectivity index (χ0) is 15.7. The Morgan fingerprint density at radius 1 is 1.27 bits per heavy atom. The van der Waals surface area contributed by atoms with E-state index in [2.05, 4.69) is 15.5 Å². The fourth-order valence-corrected chi connectivity index (χ4v) is 2.27. The van der Waals surface area contributed by atoms with E-state index in [4.69, 9.17) is 0 Å². The fourth-order valence-electron chi connectivity index (χ4n) is 2.27.